The van der Waals surface area contributed by atoms with Crippen molar-refractivity contribution in [2.45, 2.75) is 53.9 Å². The molecule has 4 bridgehead atoms. The molecule has 10 aliphatic rings. The van der Waals surface area contributed by atoms with E-state index in [0.717, 1.165) is 81.8 Å². The molecule has 3 fully saturated rings. The average Bonchev–Trinajstić information content (AvgIpc) is 1.78. The summed E-state index contributed by atoms with van der Waals surface area (Å²) in [7, 11) is 0. The third-order valence-corrected chi connectivity index (χ3v) is 24.9. The second-order valence-electron chi connectivity index (χ2n) is 32.8. The Morgan fingerprint density at radius 1 is 0.252 bits per heavy atom. The number of carbonyl (C=O) groups is 15. The highest BCUT2D eigenvalue weighted by Gasteiger charge is 2.47. The lowest BCUT2D eigenvalue weighted by atomic mass is 9.84. The normalized spacial score (nSPS) is 20.9. The molecule has 0 heterocycles. The van der Waals surface area contributed by atoms with Crippen LogP contribution in [0.5, 0.6) is 0 Å². The Bertz CT molecular complexity index is 5210. The van der Waals surface area contributed by atoms with Crippen molar-refractivity contribution in [3.8, 4) is 55.6 Å². The van der Waals surface area contributed by atoms with Crippen LogP contribution in [0.1, 0.15) is 157 Å². The largest absolute Gasteiger partial charge is 0.481 e. The number of carboxylic acid groups (broad SMARTS) is 1. The number of hydrogen-bond acceptors (Lipinski definition) is 21. The van der Waals surface area contributed by atoms with Gasteiger partial charge in [0, 0.05) is 127 Å². The Morgan fingerprint density at radius 2 is 0.389 bits per heavy atom. The molecule has 666 valence electrons. The number of aliphatic carboxylic acids is 1. The molecule has 20 rings (SSSR count). The Balaban J connectivity index is 0.000000135. The van der Waals surface area contributed by atoms with E-state index in [9.17, 15) is 67.1 Å². The first-order chi connectivity index (χ1) is 63.1. The van der Waals surface area contributed by atoms with Crippen LogP contribution in [-0.4, -0.2) is 143 Å². The number of esters is 4. The van der Waals surface area contributed by atoms with E-state index in [0.29, 0.717) is 129 Å². The fourth-order valence-electron chi connectivity index (χ4n) is 18.7. The Morgan fingerprint density at radius 3 is 0.527 bits per heavy atom. The van der Waals surface area contributed by atoms with E-state index in [1.54, 1.807) is 121 Å². The number of carbonyl (C=O) groups excluding carboxylic acids is 14. The zero-order chi connectivity index (χ0) is 93.9. The predicted molar refractivity (Wildman–Crippen MR) is 491 cm³/mol. The van der Waals surface area contributed by atoms with Crippen molar-refractivity contribution in [3.05, 3.63) is 348 Å². The first-order valence-corrected chi connectivity index (χ1v) is 43.0. The molecule has 0 radical (unpaired) electrons. The van der Waals surface area contributed by atoms with Crippen molar-refractivity contribution in [1.82, 2.24) is 0 Å². The number of aliphatic hydroxyl groups is 2. The van der Waals surface area contributed by atoms with Crippen LogP contribution in [0.3, 0.4) is 0 Å². The van der Waals surface area contributed by atoms with Crippen molar-refractivity contribution >= 4 is 87.7 Å². The highest BCUT2D eigenvalue weighted by Crippen LogP contribution is 2.50. The summed E-state index contributed by atoms with van der Waals surface area (Å²) in [6.45, 7) is 16.4. The monoisotopic (exact) mass is 1760 g/mol. The van der Waals surface area contributed by atoms with Gasteiger partial charge in [-0.2, -0.15) is 0 Å². The number of rotatable bonds is 12. The van der Waals surface area contributed by atoms with E-state index in [4.69, 9.17) is 39.1 Å². The number of allylic oxidation sites excluding steroid dienone is 6. The molecule has 10 aromatic carbocycles. The molecule has 10 aliphatic carbocycles. The molecule has 3 saturated carbocycles. The number of benzene rings is 10. The average molecular weight is 1760 g/mol. The molecular formula is C109H98O22. The Hall–Kier alpha value is -14.9. The number of Topliss-reactive ketones (excluding diaryl/α,β-unsaturated/α-hetero) is 10. The second kappa shape index (κ2) is 43.8. The van der Waals surface area contributed by atoms with Crippen molar-refractivity contribution in [2.75, 3.05) is 39.6 Å². The van der Waals surface area contributed by atoms with Gasteiger partial charge in [-0.05, 0) is 122 Å². The molecule has 12 atom stereocenters. The number of aliphatic hydroxyl groups excluding tert-OH is 2. The lowest BCUT2D eigenvalue weighted by Crippen LogP contribution is -2.29. The minimum absolute atomic E-state index is 0.128. The van der Waals surface area contributed by atoms with E-state index in [1.807, 2.05) is 133 Å². The first-order valence-electron chi connectivity index (χ1n) is 43.0. The van der Waals surface area contributed by atoms with Gasteiger partial charge in [0.15, 0.2) is 0 Å². The highest BCUT2D eigenvalue weighted by atomic mass is 16.5. The molecule has 0 aromatic heterocycles. The van der Waals surface area contributed by atoms with E-state index < -0.39 is 63.8 Å². The molecule has 12 unspecified atom stereocenters. The van der Waals surface area contributed by atoms with Crippen molar-refractivity contribution < 1.29 is 106 Å². The summed E-state index contributed by atoms with van der Waals surface area (Å²) in [5, 5.41) is 25.5. The molecule has 0 aliphatic heterocycles. The molecular weight excluding hydrogens is 1660 g/mol. The zero-order valence-electron chi connectivity index (χ0n) is 72.9. The van der Waals surface area contributed by atoms with Crippen molar-refractivity contribution in [2.24, 2.45) is 71.0 Å². The number of ketones is 10. The molecule has 0 saturated heterocycles. The third-order valence-electron chi connectivity index (χ3n) is 24.9. The Labute approximate surface area is 757 Å². The SMILES string of the molecule is C=CC1CC(C=C)C(COC(C)=O)C1COC(C)=O.CC(=O)O.CC(=O)OCC1C2C=CC(C2)C1COC(C)=O.O=C1C(=O)c2ccccc2-c2ccccc21.O=C1C(=O)c2ccccc2-c2ccccc21.O=C1C(=O)c2ccccc2-c2ccccc21.O=C1C(=O)c2ccccc2-c2ccccc21.O=C1C(=O)c2ccccc2-c2ccccc21.OCC1C2C=CC(C2)C1CO. The zero-order valence-corrected chi connectivity index (χ0v) is 72.9. The van der Waals surface area contributed by atoms with Gasteiger partial charge in [-0.15, -0.1) is 13.2 Å². The highest BCUT2D eigenvalue weighted by molar-refractivity contribution is 6.55. The molecule has 3 N–H and O–H groups in total. The standard InChI is InChI=1S/C15H22O4.5C14H8O2.C13H18O4.C9H14O2.C2H4O2/c1-5-12-7-13(6-2)15(9-19-11(4)17)14(12)8-18-10(3)16;5*15-13-11-7-3-1-5-9(11)10-6-2-4-8-12(10)14(13)16;1-8(14)16-6-12-10-3-4-11(5-10)13(12)7-17-9(2)15;10-4-8-6-1-2-7(3-6)9(8)5-11;1-2(3)4/h5-6,12-15H,1-2,7-9H2,3-4H3;5*1-8H;3-4,10-13H,5-7H2,1-2H3;1-2,6-11H,3-5H2;1H3,(H,3,4). The molecule has 10 aromatic rings. The minimum atomic E-state index is -0.833. The number of ether oxygens (including phenoxy) is 4. The van der Waals surface area contributed by atoms with Crippen LogP contribution in [-0.2, 0) is 42.9 Å². The lowest BCUT2D eigenvalue weighted by Gasteiger charge is -2.26. The van der Waals surface area contributed by atoms with Crippen LogP contribution in [0.4, 0.5) is 0 Å². The van der Waals surface area contributed by atoms with Gasteiger partial charge in [0.05, 0.1) is 26.4 Å². The van der Waals surface area contributed by atoms with Gasteiger partial charge in [-0.3, -0.25) is 71.9 Å². The van der Waals surface area contributed by atoms with Crippen LogP contribution < -0.4 is 0 Å². The van der Waals surface area contributed by atoms with Crippen LogP contribution >= 0.6 is 0 Å². The van der Waals surface area contributed by atoms with Crippen LogP contribution in [0.15, 0.2) is 292 Å². The van der Waals surface area contributed by atoms with E-state index in [1.165, 1.54) is 27.7 Å². The summed E-state index contributed by atoms with van der Waals surface area (Å²) in [5.74, 6) is -1.95. The third kappa shape index (κ3) is 21.6. The van der Waals surface area contributed by atoms with Gasteiger partial charge >= 0.3 is 23.9 Å². The number of hydrogen-bond donors (Lipinski definition) is 3. The quantitative estimate of drug-likeness (QED) is 0.0442. The van der Waals surface area contributed by atoms with E-state index in [-0.39, 0.29) is 60.8 Å². The smallest absolute Gasteiger partial charge is 0.302 e. The summed E-state index contributed by atoms with van der Waals surface area (Å²) in [6, 6.07) is 72.2. The van der Waals surface area contributed by atoms with Gasteiger partial charge < -0.3 is 34.3 Å². The van der Waals surface area contributed by atoms with E-state index in [2.05, 4.69) is 37.5 Å². The Kier molecular flexibility index (Phi) is 31.8. The fraction of sp³-hybridized carbons (Fsp3) is 0.239. The molecule has 22 heteroatoms. The first kappa shape index (κ1) is 95.2. The summed E-state index contributed by atoms with van der Waals surface area (Å²) >= 11 is 0. The van der Waals surface area contributed by atoms with Gasteiger partial charge in [0.25, 0.3) is 5.97 Å². The van der Waals surface area contributed by atoms with Crippen LogP contribution in [0.2, 0.25) is 0 Å². The second-order valence-corrected chi connectivity index (χ2v) is 32.8. The van der Waals surface area contributed by atoms with E-state index >= 15 is 0 Å². The maximum Gasteiger partial charge on any atom is 0.302 e. The summed E-state index contributed by atoms with van der Waals surface area (Å²) < 4.78 is 20.5. The minimum Gasteiger partial charge on any atom is -0.481 e. The summed E-state index contributed by atoms with van der Waals surface area (Å²) in [5.41, 5.74) is 13.6. The molecule has 0 spiro atoms. The van der Waals surface area contributed by atoms with Gasteiger partial charge in [0.1, 0.15) is 0 Å². The van der Waals surface area contributed by atoms with Gasteiger partial charge in [-0.25, -0.2) is 0 Å². The molecule has 22 nitrogen and oxygen atoms in total. The lowest BCUT2D eigenvalue weighted by molar-refractivity contribution is -0.147. The molecule has 131 heavy (non-hydrogen) atoms. The predicted octanol–water partition coefficient (Wildman–Crippen LogP) is 18.1. The van der Waals surface area contributed by atoms with Crippen molar-refractivity contribution in [1.29, 1.82) is 0 Å². The van der Waals surface area contributed by atoms with Crippen LogP contribution in [0.25, 0.3) is 55.6 Å². The topological polar surface area (TPSA) is 354 Å². The summed E-state index contributed by atoms with van der Waals surface area (Å²) in [6.07, 6.45) is 15.7. The molecule has 0 amide bonds. The van der Waals surface area contributed by atoms with Gasteiger partial charge in [0.2, 0.25) is 57.8 Å². The maximum atomic E-state index is 11.8. The van der Waals surface area contributed by atoms with Crippen molar-refractivity contribution in [3.63, 3.8) is 0 Å². The van der Waals surface area contributed by atoms with Crippen LogP contribution in [0, 0.1) is 71.0 Å². The number of carboxylic acids is 1. The number of fused-ring (bicyclic) bond motifs is 19. The maximum absolute atomic E-state index is 11.8. The fourth-order valence-corrected chi connectivity index (χ4v) is 18.7. The van der Waals surface area contributed by atoms with Gasteiger partial charge in [-0.1, -0.05) is 279 Å². The summed E-state index contributed by atoms with van der Waals surface area (Å²) in [4.78, 5) is 171.